The van der Waals surface area contributed by atoms with E-state index in [0.717, 1.165) is 22.3 Å². The number of rotatable bonds is 2. The minimum atomic E-state index is 0.0911. The Morgan fingerprint density at radius 2 is 2.05 bits per heavy atom. The molecule has 0 aliphatic heterocycles. The standard InChI is InChI=1S/C16H22N2OS2/c1-9-6-4-5-7-12(9)8-18-15(19)13-10(2)11(3)21-14(13)17-16(18)20/h9,12H,4-8H2,1-3H3,(H,17,20). The van der Waals surface area contributed by atoms with Crippen LogP contribution in [0, 0.1) is 30.5 Å². The van der Waals surface area contributed by atoms with Crippen molar-refractivity contribution in [1.82, 2.24) is 9.55 Å². The zero-order valence-corrected chi connectivity index (χ0v) is 14.5. The number of H-pyrrole nitrogens is 1. The molecule has 1 saturated carbocycles. The third kappa shape index (κ3) is 2.61. The van der Waals surface area contributed by atoms with Gasteiger partial charge < -0.3 is 4.98 Å². The van der Waals surface area contributed by atoms with E-state index in [1.165, 1.54) is 30.6 Å². The highest BCUT2D eigenvalue weighted by Crippen LogP contribution is 2.31. The van der Waals surface area contributed by atoms with Gasteiger partial charge in [0, 0.05) is 11.4 Å². The largest absolute Gasteiger partial charge is 0.323 e. The van der Waals surface area contributed by atoms with Crippen molar-refractivity contribution in [3.8, 4) is 0 Å². The molecule has 114 valence electrons. The maximum absolute atomic E-state index is 12.8. The van der Waals surface area contributed by atoms with Gasteiger partial charge in [0.15, 0.2) is 4.77 Å². The van der Waals surface area contributed by atoms with Crippen molar-refractivity contribution < 1.29 is 0 Å². The molecule has 1 aliphatic rings. The van der Waals surface area contributed by atoms with Gasteiger partial charge in [0.25, 0.3) is 5.56 Å². The second-order valence-electron chi connectivity index (χ2n) is 6.36. The van der Waals surface area contributed by atoms with Crippen molar-refractivity contribution in [2.45, 2.75) is 53.0 Å². The summed E-state index contributed by atoms with van der Waals surface area (Å²) in [5, 5.41) is 0.828. The summed E-state index contributed by atoms with van der Waals surface area (Å²) in [4.78, 5) is 18.2. The third-order valence-electron chi connectivity index (χ3n) is 5.02. The quantitative estimate of drug-likeness (QED) is 0.823. The molecule has 1 N–H and O–H groups in total. The van der Waals surface area contributed by atoms with Crippen molar-refractivity contribution >= 4 is 33.8 Å². The first-order valence-corrected chi connectivity index (χ1v) is 8.94. The average molecular weight is 322 g/mol. The van der Waals surface area contributed by atoms with Crippen molar-refractivity contribution in [3.05, 3.63) is 25.6 Å². The molecule has 1 aliphatic carbocycles. The highest BCUT2D eigenvalue weighted by molar-refractivity contribution is 7.71. The van der Waals surface area contributed by atoms with Crippen molar-refractivity contribution in [2.24, 2.45) is 11.8 Å². The van der Waals surface area contributed by atoms with Crippen LogP contribution in [0.25, 0.3) is 10.2 Å². The van der Waals surface area contributed by atoms with Gasteiger partial charge in [-0.05, 0) is 49.9 Å². The third-order valence-corrected chi connectivity index (χ3v) is 6.46. The first kappa shape index (κ1) is 15.0. The van der Waals surface area contributed by atoms with Crippen molar-refractivity contribution in [1.29, 1.82) is 0 Å². The van der Waals surface area contributed by atoms with Gasteiger partial charge in [-0.25, -0.2) is 0 Å². The number of nitrogens with one attached hydrogen (secondary N) is 1. The normalized spacial score (nSPS) is 22.8. The summed E-state index contributed by atoms with van der Waals surface area (Å²) >= 11 is 7.07. The van der Waals surface area contributed by atoms with Crippen LogP contribution < -0.4 is 5.56 Å². The van der Waals surface area contributed by atoms with E-state index in [9.17, 15) is 4.79 Å². The summed E-state index contributed by atoms with van der Waals surface area (Å²) in [7, 11) is 0. The summed E-state index contributed by atoms with van der Waals surface area (Å²) < 4.78 is 2.37. The summed E-state index contributed by atoms with van der Waals surface area (Å²) in [6.45, 7) is 7.16. The van der Waals surface area contributed by atoms with Gasteiger partial charge in [-0.3, -0.25) is 9.36 Å². The van der Waals surface area contributed by atoms with Gasteiger partial charge >= 0.3 is 0 Å². The smallest absolute Gasteiger partial charge is 0.263 e. The molecule has 0 radical (unpaired) electrons. The molecule has 0 aromatic carbocycles. The number of hydrogen-bond donors (Lipinski definition) is 1. The second kappa shape index (κ2) is 5.69. The van der Waals surface area contributed by atoms with Crippen molar-refractivity contribution in [2.75, 3.05) is 0 Å². The zero-order chi connectivity index (χ0) is 15.1. The monoisotopic (exact) mass is 322 g/mol. The summed E-state index contributed by atoms with van der Waals surface area (Å²) in [5.41, 5.74) is 1.19. The average Bonchev–Trinajstić information content (AvgIpc) is 2.72. The number of aromatic nitrogens is 2. The van der Waals surface area contributed by atoms with Gasteiger partial charge in [-0.1, -0.05) is 26.2 Å². The molecule has 5 heteroatoms. The first-order valence-electron chi connectivity index (χ1n) is 7.72. The van der Waals surface area contributed by atoms with Crippen LogP contribution >= 0.6 is 23.6 Å². The zero-order valence-electron chi connectivity index (χ0n) is 12.9. The number of fused-ring (bicyclic) bond motifs is 1. The Labute approximate surface area is 134 Å². The Morgan fingerprint density at radius 1 is 1.33 bits per heavy atom. The molecule has 1 fully saturated rings. The molecule has 2 unspecified atom stereocenters. The molecule has 2 heterocycles. The van der Waals surface area contributed by atoms with Crippen LogP contribution in [0.15, 0.2) is 4.79 Å². The Balaban J connectivity index is 2.08. The lowest BCUT2D eigenvalue weighted by molar-refractivity contribution is 0.225. The topological polar surface area (TPSA) is 37.8 Å². The highest BCUT2D eigenvalue weighted by Gasteiger charge is 2.23. The van der Waals surface area contributed by atoms with E-state index in [1.54, 1.807) is 15.9 Å². The fourth-order valence-corrected chi connectivity index (χ4v) is 4.80. The number of hydrogen-bond acceptors (Lipinski definition) is 3. The van der Waals surface area contributed by atoms with Crippen LogP contribution in [0.4, 0.5) is 0 Å². The molecule has 3 nitrogen and oxygen atoms in total. The molecule has 0 saturated heterocycles. The first-order chi connectivity index (χ1) is 9.99. The minimum absolute atomic E-state index is 0.0911. The Kier molecular flexibility index (Phi) is 4.06. The predicted molar refractivity (Wildman–Crippen MR) is 91.9 cm³/mol. The van der Waals surface area contributed by atoms with E-state index in [2.05, 4.69) is 18.8 Å². The van der Waals surface area contributed by atoms with E-state index in [-0.39, 0.29) is 5.56 Å². The molecule has 21 heavy (non-hydrogen) atoms. The molecule has 0 amide bonds. The van der Waals surface area contributed by atoms with Gasteiger partial charge in [0.1, 0.15) is 4.83 Å². The molecule has 0 bridgehead atoms. The van der Waals surface area contributed by atoms with Crippen LogP contribution in [0.5, 0.6) is 0 Å². The summed E-state index contributed by atoms with van der Waals surface area (Å²) in [6, 6.07) is 0. The van der Waals surface area contributed by atoms with E-state index in [4.69, 9.17) is 12.2 Å². The number of aryl methyl sites for hydroxylation is 2. The van der Waals surface area contributed by atoms with Gasteiger partial charge in [-0.15, -0.1) is 11.3 Å². The lowest BCUT2D eigenvalue weighted by Crippen LogP contribution is -2.29. The Bertz CT molecular complexity index is 784. The highest BCUT2D eigenvalue weighted by atomic mass is 32.1. The minimum Gasteiger partial charge on any atom is -0.323 e. The molecular formula is C16H22N2OS2. The molecule has 0 spiro atoms. The van der Waals surface area contributed by atoms with Gasteiger partial charge in [0.05, 0.1) is 5.39 Å². The van der Waals surface area contributed by atoms with Crippen LogP contribution in [-0.4, -0.2) is 9.55 Å². The Hall–Kier alpha value is -0.940. The van der Waals surface area contributed by atoms with E-state index < -0.39 is 0 Å². The van der Waals surface area contributed by atoms with Crippen LogP contribution in [0.3, 0.4) is 0 Å². The SMILES string of the molecule is Cc1sc2[nH]c(=S)n(CC3CCCCC3C)c(=O)c2c1C. The molecular weight excluding hydrogens is 300 g/mol. The fourth-order valence-electron chi connectivity index (χ4n) is 3.43. The molecule has 2 aromatic rings. The second-order valence-corrected chi connectivity index (χ2v) is 7.97. The van der Waals surface area contributed by atoms with E-state index in [0.29, 0.717) is 16.6 Å². The lowest BCUT2D eigenvalue weighted by atomic mass is 9.80. The summed E-state index contributed by atoms with van der Waals surface area (Å²) in [5.74, 6) is 1.25. The molecule has 2 atom stereocenters. The maximum Gasteiger partial charge on any atom is 0.263 e. The number of aromatic amines is 1. The number of nitrogens with zero attached hydrogens (tertiary/aromatic N) is 1. The van der Waals surface area contributed by atoms with Crippen LogP contribution in [-0.2, 0) is 6.54 Å². The van der Waals surface area contributed by atoms with E-state index >= 15 is 0 Å². The fraction of sp³-hybridized carbons (Fsp3) is 0.625. The van der Waals surface area contributed by atoms with Gasteiger partial charge in [0.2, 0.25) is 0 Å². The van der Waals surface area contributed by atoms with Crippen LogP contribution in [0.1, 0.15) is 43.0 Å². The van der Waals surface area contributed by atoms with Gasteiger partial charge in [-0.2, -0.15) is 0 Å². The van der Waals surface area contributed by atoms with Crippen molar-refractivity contribution in [3.63, 3.8) is 0 Å². The lowest BCUT2D eigenvalue weighted by Gasteiger charge is -2.29. The molecule has 2 aromatic heterocycles. The molecule has 3 rings (SSSR count). The Morgan fingerprint density at radius 3 is 2.76 bits per heavy atom. The van der Waals surface area contributed by atoms with Crippen LogP contribution in [0.2, 0.25) is 0 Å². The van der Waals surface area contributed by atoms with E-state index in [1.807, 2.05) is 6.92 Å². The maximum atomic E-state index is 12.8. The predicted octanol–water partition coefficient (Wildman–Crippen LogP) is 4.56. The number of thiophene rings is 1. The summed E-state index contributed by atoms with van der Waals surface area (Å²) in [6.07, 6.45) is 5.08.